The molecule has 0 aromatic carbocycles. The van der Waals surface area contributed by atoms with Crippen molar-refractivity contribution in [1.82, 2.24) is 4.90 Å². The molecule has 1 aliphatic heterocycles. The Morgan fingerprint density at radius 2 is 1.89 bits per heavy atom. The molecule has 1 amide bonds. The lowest BCUT2D eigenvalue weighted by Crippen LogP contribution is -2.37. The highest BCUT2D eigenvalue weighted by Crippen LogP contribution is 2.18. The minimum Gasteiger partial charge on any atom is -0.468 e. The molecule has 0 unspecified atom stereocenters. The number of ketones is 1. The van der Waals surface area contributed by atoms with Crippen LogP contribution < -0.4 is 0 Å². The zero-order chi connectivity index (χ0) is 14.6. The first-order valence-electron chi connectivity index (χ1n) is 6.33. The van der Waals surface area contributed by atoms with Gasteiger partial charge in [-0.1, -0.05) is 0 Å². The van der Waals surface area contributed by atoms with Crippen LogP contribution in [-0.2, 0) is 19.1 Å². The summed E-state index contributed by atoms with van der Waals surface area (Å²) in [5, 5.41) is 0. The summed E-state index contributed by atoms with van der Waals surface area (Å²) in [5.41, 5.74) is -0.574. The molecule has 0 spiro atoms. The number of hydrogen-bond acceptors (Lipinski definition) is 5. The SMILES string of the molecule is COC(=O)[C@@H]1CCN(C(=O)OC(C)(C)C)CCC1=O. The molecule has 1 atom stereocenters. The van der Waals surface area contributed by atoms with Crippen molar-refractivity contribution >= 4 is 17.8 Å². The number of carbonyl (C=O) groups is 3. The van der Waals surface area contributed by atoms with Gasteiger partial charge in [0.05, 0.1) is 7.11 Å². The highest BCUT2D eigenvalue weighted by Gasteiger charge is 2.33. The summed E-state index contributed by atoms with van der Waals surface area (Å²) in [6, 6.07) is 0. The Bertz CT molecular complexity index is 372. The van der Waals surface area contributed by atoms with Gasteiger partial charge in [-0.25, -0.2) is 4.79 Å². The Labute approximate surface area is 113 Å². The second-order valence-electron chi connectivity index (χ2n) is 5.55. The number of likely N-dealkylation sites (tertiary alicyclic amines) is 1. The molecule has 1 heterocycles. The summed E-state index contributed by atoms with van der Waals surface area (Å²) in [5.74, 6) is -1.48. The molecule has 0 saturated carbocycles. The van der Waals surface area contributed by atoms with Crippen molar-refractivity contribution in [3.63, 3.8) is 0 Å². The van der Waals surface area contributed by atoms with Crippen LogP contribution in [0.15, 0.2) is 0 Å². The van der Waals surface area contributed by atoms with Crippen molar-refractivity contribution in [3.8, 4) is 0 Å². The molecule has 1 aliphatic rings. The molecule has 0 aromatic rings. The van der Waals surface area contributed by atoms with Gasteiger partial charge in [0.25, 0.3) is 0 Å². The monoisotopic (exact) mass is 271 g/mol. The predicted molar refractivity (Wildman–Crippen MR) is 67.6 cm³/mol. The summed E-state index contributed by atoms with van der Waals surface area (Å²) in [6.45, 7) is 5.95. The summed E-state index contributed by atoms with van der Waals surface area (Å²) in [7, 11) is 1.26. The van der Waals surface area contributed by atoms with Crippen molar-refractivity contribution in [2.24, 2.45) is 5.92 Å². The van der Waals surface area contributed by atoms with E-state index < -0.39 is 23.6 Å². The summed E-state index contributed by atoms with van der Waals surface area (Å²) in [4.78, 5) is 36.6. The topological polar surface area (TPSA) is 72.9 Å². The van der Waals surface area contributed by atoms with Crippen molar-refractivity contribution in [2.75, 3.05) is 20.2 Å². The zero-order valence-corrected chi connectivity index (χ0v) is 11.9. The first-order valence-corrected chi connectivity index (χ1v) is 6.33. The van der Waals surface area contributed by atoms with E-state index in [-0.39, 0.29) is 25.2 Å². The number of rotatable bonds is 1. The van der Waals surface area contributed by atoms with E-state index in [2.05, 4.69) is 4.74 Å². The minimum atomic E-state index is -0.766. The molecule has 1 fully saturated rings. The highest BCUT2D eigenvalue weighted by molar-refractivity contribution is 5.99. The lowest BCUT2D eigenvalue weighted by Gasteiger charge is -2.26. The normalized spacial score (nSPS) is 20.7. The van der Waals surface area contributed by atoms with Gasteiger partial charge >= 0.3 is 12.1 Å². The molecule has 0 aliphatic carbocycles. The minimum absolute atomic E-state index is 0.152. The Balaban J connectivity index is 2.65. The maximum atomic E-state index is 11.9. The highest BCUT2D eigenvalue weighted by atomic mass is 16.6. The molecule has 0 radical (unpaired) electrons. The summed E-state index contributed by atoms with van der Waals surface area (Å²) >= 11 is 0. The molecule has 19 heavy (non-hydrogen) atoms. The largest absolute Gasteiger partial charge is 0.468 e. The van der Waals surface area contributed by atoms with Crippen LogP contribution in [0.1, 0.15) is 33.6 Å². The third-order valence-electron chi connectivity index (χ3n) is 2.84. The standard InChI is InChI=1S/C13H21NO5/c1-13(2,3)19-12(17)14-7-5-9(11(16)18-4)10(15)6-8-14/h9H,5-8H2,1-4H3/t9-/m1/s1. The number of amides is 1. The van der Waals surface area contributed by atoms with Crippen LogP contribution in [0.5, 0.6) is 0 Å². The van der Waals surface area contributed by atoms with Crippen LogP contribution in [-0.4, -0.2) is 48.5 Å². The van der Waals surface area contributed by atoms with Gasteiger partial charge in [-0.05, 0) is 27.2 Å². The van der Waals surface area contributed by atoms with Crippen LogP contribution in [0.4, 0.5) is 4.79 Å². The fourth-order valence-electron chi connectivity index (χ4n) is 1.88. The van der Waals surface area contributed by atoms with Gasteiger partial charge in [-0.3, -0.25) is 9.59 Å². The molecular weight excluding hydrogens is 250 g/mol. The molecule has 0 N–H and O–H groups in total. The Morgan fingerprint density at radius 3 is 2.42 bits per heavy atom. The smallest absolute Gasteiger partial charge is 0.410 e. The Kier molecular flexibility index (Phi) is 4.91. The first-order chi connectivity index (χ1) is 8.74. The summed E-state index contributed by atoms with van der Waals surface area (Å²) < 4.78 is 9.85. The number of esters is 1. The van der Waals surface area contributed by atoms with Gasteiger partial charge in [0, 0.05) is 19.5 Å². The fourth-order valence-corrected chi connectivity index (χ4v) is 1.88. The lowest BCUT2D eigenvalue weighted by molar-refractivity contribution is -0.149. The van der Waals surface area contributed by atoms with Crippen LogP contribution >= 0.6 is 0 Å². The first kappa shape index (κ1) is 15.5. The molecule has 0 aromatic heterocycles. The molecule has 0 bridgehead atoms. The van der Waals surface area contributed by atoms with Crippen molar-refractivity contribution in [3.05, 3.63) is 0 Å². The molecule has 108 valence electrons. The Hall–Kier alpha value is -1.59. The second kappa shape index (κ2) is 6.04. The average Bonchev–Trinajstić information content (AvgIpc) is 2.48. The molecule has 1 rings (SSSR count). The van der Waals surface area contributed by atoms with E-state index >= 15 is 0 Å². The molecule has 6 nitrogen and oxygen atoms in total. The van der Waals surface area contributed by atoms with Gasteiger partial charge in [-0.15, -0.1) is 0 Å². The number of nitrogens with zero attached hydrogens (tertiary/aromatic N) is 1. The predicted octanol–water partition coefficient (Wildman–Crippen LogP) is 1.38. The van der Waals surface area contributed by atoms with Gasteiger partial charge in [0.1, 0.15) is 17.3 Å². The third kappa shape index (κ3) is 4.54. The van der Waals surface area contributed by atoms with Crippen molar-refractivity contribution in [2.45, 2.75) is 39.2 Å². The van der Waals surface area contributed by atoms with Crippen molar-refractivity contribution < 1.29 is 23.9 Å². The van der Waals surface area contributed by atoms with E-state index in [1.807, 2.05) is 0 Å². The van der Waals surface area contributed by atoms with Gasteiger partial charge < -0.3 is 14.4 Å². The van der Waals surface area contributed by atoms with E-state index in [4.69, 9.17) is 4.74 Å². The number of methoxy groups -OCH3 is 1. The molecule has 6 heteroatoms. The van der Waals surface area contributed by atoms with E-state index in [9.17, 15) is 14.4 Å². The zero-order valence-electron chi connectivity index (χ0n) is 11.9. The number of Topliss-reactive ketones (excluding diaryl/α,β-unsaturated/α-hetero) is 1. The Morgan fingerprint density at radius 1 is 1.26 bits per heavy atom. The van der Waals surface area contributed by atoms with E-state index in [1.54, 1.807) is 20.8 Å². The molecular formula is C13H21NO5. The van der Waals surface area contributed by atoms with E-state index in [0.29, 0.717) is 6.54 Å². The maximum Gasteiger partial charge on any atom is 0.410 e. The van der Waals surface area contributed by atoms with Crippen LogP contribution in [0.25, 0.3) is 0 Å². The number of hydrogen-bond donors (Lipinski definition) is 0. The second-order valence-corrected chi connectivity index (χ2v) is 5.55. The quantitative estimate of drug-likeness (QED) is 0.532. The van der Waals surface area contributed by atoms with Gasteiger partial charge in [0.15, 0.2) is 0 Å². The fraction of sp³-hybridized carbons (Fsp3) is 0.769. The van der Waals surface area contributed by atoms with Crippen LogP contribution in [0.3, 0.4) is 0 Å². The van der Waals surface area contributed by atoms with Gasteiger partial charge in [0.2, 0.25) is 0 Å². The summed E-state index contributed by atoms with van der Waals surface area (Å²) in [6.07, 6.45) is -0.0187. The number of carbonyl (C=O) groups excluding carboxylic acids is 3. The maximum absolute atomic E-state index is 11.9. The van der Waals surface area contributed by atoms with Gasteiger partial charge in [-0.2, -0.15) is 0 Å². The van der Waals surface area contributed by atoms with Crippen LogP contribution in [0, 0.1) is 5.92 Å². The molecule has 1 saturated heterocycles. The van der Waals surface area contributed by atoms with E-state index in [0.717, 1.165) is 0 Å². The van der Waals surface area contributed by atoms with Crippen molar-refractivity contribution in [1.29, 1.82) is 0 Å². The average molecular weight is 271 g/mol. The van der Waals surface area contributed by atoms with Crippen LogP contribution in [0.2, 0.25) is 0 Å². The number of ether oxygens (including phenoxy) is 2. The lowest BCUT2D eigenvalue weighted by atomic mass is 10.00. The van der Waals surface area contributed by atoms with E-state index in [1.165, 1.54) is 12.0 Å². The third-order valence-corrected chi connectivity index (χ3v) is 2.84.